The van der Waals surface area contributed by atoms with Gasteiger partial charge < -0.3 is 20.7 Å². The van der Waals surface area contributed by atoms with E-state index in [9.17, 15) is 4.79 Å². The first kappa shape index (κ1) is 16.0. The first-order chi connectivity index (χ1) is 10.1. The summed E-state index contributed by atoms with van der Waals surface area (Å²) in [6.07, 6.45) is 4.39. The number of rotatable bonds is 6. The molecule has 7 heteroatoms. The van der Waals surface area contributed by atoms with Gasteiger partial charge in [0, 0.05) is 32.8 Å². The number of piperidine rings is 1. The SMILES string of the molecule is COCCC(C)NC(=O)c1sc(N2CCCCC2)nc1N. The summed E-state index contributed by atoms with van der Waals surface area (Å²) in [6, 6.07) is 0.0531. The number of thiazole rings is 1. The predicted molar refractivity (Wildman–Crippen MR) is 86.0 cm³/mol. The molecule has 2 heterocycles. The van der Waals surface area contributed by atoms with Gasteiger partial charge in [0.25, 0.3) is 5.91 Å². The normalized spacial score (nSPS) is 16.8. The first-order valence-corrected chi connectivity index (χ1v) is 8.24. The van der Waals surface area contributed by atoms with Crippen LogP contribution in [-0.2, 0) is 4.74 Å². The quantitative estimate of drug-likeness (QED) is 0.838. The van der Waals surface area contributed by atoms with E-state index in [0.717, 1.165) is 24.6 Å². The van der Waals surface area contributed by atoms with E-state index < -0.39 is 0 Å². The van der Waals surface area contributed by atoms with E-state index in [1.165, 1.54) is 30.6 Å². The van der Waals surface area contributed by atoms with Gasteiger partial charge >= 0.3 is 0 Å². The molecule has 0 spiro atoms. The molecule has 118 valence electrons. The van der Waals surface area contributed by atoms with Gasteiger partial charge in [-0.25, -0.2) is 4.98 Å². The van der Waals surface area contributed by atoms with Crippen LogP contribution in [-0.4, -0.2) is 43.7 Å². The second kappa shape index (κ2) is 7.61. The molecule has 1 fully saturated rings. The highest BCUT2D eigenvalue weighted by Crippen LogP contribution is 2.30. The monoisotopic (exact) mass is 312 g/mol. The average Bonchev–Trinajstić information content (AvgIpc) is 2.88. The van der Waals surface area contributed by atoms with Crippen LogP contribution in [0.15, 0.2) is 0 Å². The summed E-state index contributed by atoms with van der Waals surface area (Å²) in [7, 11) is 1.65. The fourth-order valence-electron chi connectivity index (χ4n) is 2.36. The number of nitrogens with one attached hydrogen (secondary N) is 1. The summed E-state index contributed by atoms with van der Waals surface area (Å²) in [6.45, 7) is 4.58. The topological polar surface area (TPSA) is 80.5 Å². The van der Waals surface area contributed by atoms with Crippen molar-refractivity contribution >= 4 is 28.2 Å². The van der Waals surface area contributed by atoms with Gasteiger partial charge in [0.2, 0.25) is 0 Å². The lowest BCUT2D eigenvalue weighted by Gasteiger charge is -2.25. The van der Waals surface area contributed by atoms with Crippen LogP contribution >= 0.6 is 11.3 Å². The molecule has 0 saturated carbocycles. The summed E-state index contributed by atoms with van der Waals surface area (Å²) in [5.74, 6) is 0.189. The number of ether oxygens (including phenoxy) is 1. The van der Waals surface area contributed by atoms with E-state index in [0.29, 0.717) is 17.3 Å². The van der Waals surface area contributed by atoms with Gasteiger partial charge in [0.15, 0.2) is 5.13 Å². The highest BCUT2D eigenvalue weighted by Gasteiger charge is 2.21. The molecule has 0 aliphatic carbocycles. The van der Waals surface area contributed by atoms with E-state index in [1.54, 1.807) is 7.11 Å². The molecule has 1 unspecified atom stereocenters. The number of nitrogens with zero attached hydrogens (tertiary/aromatic N) is 2. The lowest BCUT2D eigenvalue weighted by Crippen LogP contribution is -2.33. The molecule has 0 radical (unpaired) electrons. The number of hydrogen-bond donors (Lipinski definition) is 2. The van der Waals surface area contributed by atoms with E-state index in [1.807, 2.05) is 6.92 Å². The molecule has 1 aromatic heterocycles. The number of anilines is 2. The lowest BCUT2D eigenvalue weighted by atomic mass is 10.1. The number of nitrogen functional groups attached to an aromatic ring is 1. The van der Waals surface area contributed by atoms with Crippen LogP contribution < -0.4 is 16.0 Å². The molecule has 3 N–H and O–H groups in total. The van der Waals surface area contributed by atoms with E-state index in [-0.39, 0.29) is 11.9 Å². The Kier molecular flexibility index (Phi) is 5.81. The molecular weight excluding hydrogens is 288 g/mol. The number of aromatic nitrogens is 1. The van der Waals surface area contributed by atoms with Crippen molar-refractivity contribution in [3.63, 3.8) is 0 Å². The van der Waals surface area contributed by atoms with E-state index in [4.69, 9.17) is 10.5 Å². The van der Waals surface area contributed by atoms with Crippen molar-refractivity contribution in [2.75, 3.05) is 37.4 Å². The predicted octanol–water partition coefficient (Wildman–Crippen LogP) is 1.87. The summed E-state index contributed by atoms with van der Waals surface area (Å²) >= 11 is 1.39. The van der Waals surface area contributed by atoms with Gasteiger partial charge in [-0.3, -0.25) is 4.79 Å². The molecule has 0 bridgehead atoms. The smallest absolute Gasteiger partial charge is 0.265 e. The van der Waals surface area contributed by atoms with Gasteiger partial charge in [0.1, 0.15) is 10.7 Å². The van der Waals surface area contributed by atoms with Gasteiger partial charge in [-0.15, -0.1) is 0 Å². The molecule has 1 atom stereocenters. The van der Waals surface area contributed by atoms with Crippen molar-refractivity contribution in [1.29, 1.82) is 0 Å². The van der Waals surface area contributed by atoms with Crippen LogP contribution in [0.25, 0.3) is 0 Å². The minimum Gasteiger partial charge on any atom is -0.385 e. The summed E-state index contributed by atoms with van der Waals surface area (Å²) in [5, 5.41) is 3.80. The van der Waals surface area contributed by atoms with Gasteiger partial charge in [0.05, 0.1) is 0 Å². The molecule has 1 aliphatic heterocycles. The Bertz CT molecular complexity index is 472. The fraction of sp³-hybridized carbons (Fsp3) is 0.714. The minimum absolute atomic E-state index is 0.0531. The molecular formula is C14H24N4O2S. The number of methoxy groups -OCH3 is 1. The molecule has 1 saturated heterocycles. The lowest BCUT2D eigenvalue weighted by molar-refractivity contribution is 0.0934. The number of hydrogen-bond acceptors (Lipinski definition) is 6. The number of nitrogens with two attached hydrogens (primary N) is 1. The zero-order valence-electron chi connectivity index (χ0n) is 12.7. The van der Waals surface area contributed by atoms with E-state index in [2.05, 4.69) is 15.2 Å². The van der Waals surface area contributed by atoms with Crippen molar-refractivity contribution in [3.8, 4) is 0 Å². The number of carbonyl (C=O) groups excluding carboxylic acids is 1. The Morgan fingerprint density at radius 1 is 1.48 bits per heavy atom. The highest BCUT2D eigenvalue weighted by molar-refractivity contribution is 7.18. The average molecular weight is 312 g/mol. The van der Waals surface area contributed by atoms with Gasteiger partial charge in [-0.05, 0) is 32.6 Å². The van der Waals surface area contributed by atoms with Crippen molar-refractivity contribution in [2.45, 2.75) is 38.6 Å². The van der Waals surface area contributed by atoms with Crippen LogP contribution in [0.4, 0.5) is 10.9 Å². The highest BCUT2D eigenvalue weighted by atomic mass is 32.1. The molecule has 6 nitrogen and oxygen atoms in total. The third kappa shape index (κ3) is 4.31. The second-order valence-corrected chi connectivity index (χ2v) is 6.39. The van der Waals surface area contributed by atoms with Crippen molar-refractivity contribution in [3.05, 3.63) is 4.88 Å². The molecule has 1 aromatic rings. The van der Waals surface area contributed by atoms with Crippen LogP contribution in [0.2, 0.25) is 0 Å². The Labute approximate surface area is 129 Å². The summed E-state index contributed by atoms with van der Waals surface area (Å²) in [4.78, 5) is 19.3. The Hall–Kier alpha value is -1.34. The third-order valence-corrected chi connectivity index (χ3v) is 4.74. The maximum Gasteiger partial charge on any atom is 0.265 e. The molecule has 0 aromatic carbocycles. The Morgan fingerprint density at radius 3 is 2.86 bits per heavy atom. The molecule has 1 aliphatic rings. The van der Waals surface area contributed by atoms with Crippen LogP contribution in [0, 0.1) is 0 Å². The Morgan fingerprint density at radius 2 is 2.19 bits per heavy atom. The first-order valence-electron chi connectivity index (χ1n) is 7.43. The number of carbonyl (C=O) groups is 1. The van der Waals surface area contributed by atoms with Crippen molar-refractivity contribution < 1.29 is 9.53 Å². The minimum atomic E-state index is -0.142. The zero-order valence-corrected chi connectivity index (χ0v) is 13.5. The second-order valence-electron chi connectivity index (χ2n) is 5.41. The fourth-order valence-corrected chi connectivity index (χ4v) is 3.30. The maximum absolute atomic E-state index is 12.3. The number of amides is 1. The molecule has 1 amide bonds. The zero-order chi connectivity index (χ0) is 15.2. The summed E-state index contributed by atoms with van der Waals surface area (Å²) < 4.78 is 5.01. The van der Waals surface area contributed by atoms with Crippen LogP contribution in [0.1, 0.15) is 42.3 Å². The standard InChI is InChI=1S/C14H24N4O2S/c1-10(6-9-20-2)16-13(19)11-12(15)17-14(21-11)18-7-4-3-5-8-18/h10H,3-9,15H2,1-2H3,(H,16,19). The molecule has 2 rings (SSSR count). The van der Waals surface area contributed by atoms with Crippen LogP contribution in [0.3, 0.4) is 0 Å². The largest absolute Gasteiger partial charge is 0.385 e. The van der Waals surface area contributed by atoms with Gasteiger partial charge in [-0.1, -0.05) is 11.3 Å². The Balaban J connectivity index is 1.99. The summed E-state index contributed by atoms with van der Waals surface area (Å²) in [5.41, 5.74) is 5.91. The maximum atomic E-state index is 12.3. The van der Waals surface area contributed by atoms with Crippen molar-refractivity contribution in [2.24, 2.45) is 0 Å². The third-order valence-electron chi connectivity index (χ3n) is 3.61. The van der Waals surface area contributed by atoms with Gasteiger partial charge in [-0.2, -0.15) is 0 Å². The van der Waals surface area contributed by atoms with Crippen LogP contribution in [0.5, 0.6) is 0 Å². The van der Waals surface area contributed by atoms with E-state index >= 15 is 0 Å². The molecule has 21 heavy (non-hydrogen) atoms. The van der Waals surface area contributed by atoms with Crippen molar-refractivity contribution in [1.82, 2.24) is 10.3 Å².